The van der Waals surface area contributed by atoms with Crippen molar-refractivity contribution in [2.24, 2.45) is 0 Å². The van der Waals surface area contributed by atoms with Gasteiger partial charge in [-0.15, -0.1) is 0 Å². The average molecular weight is 500 g/mol. The van der Waals surface area contributed by atoms with Crippen molar-refractivity contribution >= 4 is 28.7 Å². The molecule has 0 saturated carbocycles. The topological polar surface area (TPSA) is 135 Å². The highest BCUT2D eigenvalue weighted by atomic mass is 19.1. The molecule has 4 N–H and O–H groups in total. The Labute approximate surface area is 207 Å². The summed E-state index contributed by atoms with van der Waals surface area (Å²) >= 11 is 0. The van der Waals surface area contributed by atoms with Gasteiger partial charge in [0.2, 0.25) is 0 Å². The minimum atomic E-state index is -0.838. The molecule has 1 aromatic heterocycles. The lowest BCUT2D eigenvalue weighted by molar-refractivity contribution is 0.0505. The Morgan fingerprint density at radius 3 is 2.61 bits per heavy atom. The van der Waals surface area contributed by atoms with Crippen molar-refractivity contribution in [3.63, 3.8) is 0 Å². The number of nitrogens with one attached hydrogen (secondary N) is 3. The lowest BCUT2D eigenvalue weighted by Gasteiger charge is -2.23. The van der Waals surface area contributed by atoms with Crippen LogP contribution in [0.5, 0.6) is 0 Å². The van der Waals surface area contributed by atoms with Crippen molar-refractivity contribution in [3.05, 3.63) is 64.5 Å². The fraction of sp³-hybridized carbons (Fsp3) is 0.360. The van der Waals surface area contributed by atoms with Crippen LogP contribution in [0.1, 0.15) is 46.0 Å². The van der Waals surface area contributed by atoms with Crippen LogP contribution in [-0.4, -0.2) is 45.5 Å². The van der Waals surface area contributed by atoms with Crippen LogP contribution in [-0.2, 0) is 4.74 Å². The monoisotopic (exact) mass is 499 g/mol. The summed E-state index contributed by atoms with van der Waals surface area (Å²) in [4.78, 5) is 42.4. The summed E-state index contributed by atoms with van der Waals surface area (Å²) in [6.45, 7) is 7.00. The number of aliphatic hydroxyl groups excluding tert-OH is 1. The molecule has 0 saturated heterocycles. The summed E-state index contributed by atoms with van der Waals surface area (Å²) in [6.07, 6.45) is -0.312. The number of ether oxygens (including phenoxy) is 1. The fourth-order valence-electron chi connectivity index (χ4n) is 3.46. The number of hydrogen-bond donors (Lipinski definition) is 4. The van der Waals surface area contributed by atoms with Crippen LogP contribution in [0.4, 0.5) is 19.7 Å². The molecule has 1 heterocycles. The molecule has 0 fully saturated rings. The molecule has 0 bridgehead atoms. The van der Waals surface area contributed by atoms with Gasteiger partial charge in [0.05, 0.1) is 17.1 Å². The molecule has 0 aliphatic rings. The summed E-state index contributed by atoms with van der Waals surface area (Å²) in [5.41, 5.74) is -0.677. The first-order chi connectivity index (χ1) is 17.0. The van der Waals surface area contributed by atoms with Crippen LogP contribution in [0.25, 0.3) is 16.6 Å². The number of aromatic nitrogens is 2. The molecule has 0 spiro atoms. The number of amides is 3. The van der Waals surface area contributed by atoms with E-state index in [9.17, 15) is 18.8 Å². The molecule has 3 rings (SSSR count). The molecule has 0 unspecified atom stereocenters. The largest absolute Gasteiger partial charge is 0.444 e. The van der Waals surface area contributed by atoms with E-state index in [1.807, 2.05) is 0 Å². The Hall–Kier alpha value is -3.99. The van der Waals surface area contributed by atoms with E-state index < -0.39 is 35.1 Å². The molecule has 192 valence electrons. The number of urea groups is 1. The van der Waals surface area contributed by atoms with Crippen LogP contribution in [0.15, 0.2) is 47.3 Å². The Balaban J connectivity index is 2.05. The molecular formula is C25H30FN5O5. The third-order valence-electron chi connectivity index (χ3n) is 4.98. The van der Waals surface area contributed by atoms with E-state index in [0.717, 1.165) is 0 Å². The number of rotatable bonds is 7. The van der Waals surface area contributed by atoms with Crippen LogP contribution in [0.2, 0.25) is 0 Å². The molecule has 0 aliphatic carbocycles. The summed E-state index contributed by atoms with van der Waals surface area (Å²) in [6, 6.07) is 9.23. The van der Waals surface area contributed by atoms with Crippen LogP contribution >= 0.6 is 0 Å². The molecular weight excluding hydrogens is 469 g/mol. The minimum Gasteiger partial charge on any atom is -0.444 e. The van der Waals surface area contributed by atoms with Gasteiger partial charge in [0.1, 0.15) is 22.8 Å². The molecule has 36 heavy (non-hydrogen) atoms. The van der Waals surface area contributed by atoms with E-state index in [1.54, 1.807) is 52.0 Å². The van der Waals surface area contributed by atoms with Crippen molar-refractivity contribution < 1.29 is 23.8 Å². The number of fused-ring (bicyclic) bond motifs is 1. The number of anilines is 1. The van der Waals surface area contributed by atoms with Crippen LogP contribution < -0.4 is 21.5 Å². The first-order valence-corrected chi connectivity index (χ1v) is 11.5. The van der Waals surface area contributed by atoms with Crippen molar-refractivity contribution in [2.45, 2.75) is 45.8 Å². The molecule has 10 nitrogen and oxygen atoms in total. The summed E-state index contributed by atoms with van der Waals surface area (Å²) in [5.74, 6) is -0.592. The van der Waals surface area contributed by atoms with Gasteiger partial charge in [-0.3, -0.25) is 9.36 Å². The van der Waals surface area contributed by atoms with Crippen LogP contribution in [0.3, 0.4) is 0 Å². The maximum absolute atomic E-state index is 14.6. The molecule has 3 amide bonds. The second-order valence-electron chi connectivity index (χ2n) is 9.12. The number of aliphatic hydroxyl groups is 1. The van der Waals surface area contributed by atoms with Crippen molar-refractivity contribution in [1.29, 1.82) is 0 Å². The average Bonchev–Trinajstić information content (AvgIpc) is 2.78. The van der Waals surface area contributed by atoms with Gasteiger partial charge in [0.15, 0.2) is 0 Å². The maximum atomic E-state index is 14.6. The van der Waals surface area contributed by atoms with Gasteiger partial charge < -0.3 is 25.8 Å². The Kier molecular flexibility index (Phi) is 8.25. The SMILES string of the molecule is C[C@H](NC(=O)OC(C)(C)C)c1nc2c(F)cccc2c(=O)n1-c1cccc(NC(=O)NCCCO)c1. The van der Waals surface area contributed by atoms with Gasteiger partial charge in [-0.1, -0.05) is 12.1 Å². The predicted molar refractivity (Wildman–Crippen MR) is 134 cm³/mol. The normalized spacial score (nSPS) is 12.2. The molecule has 2 aromatic carbocycles. The number of para-hydroxylation sites is 1. The minimum absolute atomic E-state index is 0.0491. The summed E-state index contributed by atoms with van der Waals surface area (Å²) < 4.78 is 21.1. The highest BCUT2D eigenvalue weighted by molar-refractivity contribution is 5.89. The van der Waals surface area contributed by atoms with Crippen molar-refractivity contribution in [1.82, 2.24) is 20.2 Å². The highest BCUT2D eigenvalue weighted by Gasteiger charge is 2.23. The Morgan fingerprint density at radius 2 is 1.92 bits per heavy atom. The first-order valence-electron chi connectivity index (χ1n) is 11.5. The lowest BCUT2D eigenvalue weighted by atomic mass is 10.2. The number of carbonyl (C=O) groups excluding carboxylic acids is 2. The van der Waals surface area contributed by atoms with E-state index in [-0.39, 0.29) is 23.3 Å². The van der Waals surface area contributed by atoms with Gasteiger partial charge in [0, 0.05) is 18.8 Å². The zero-order valence-electron chi connectivity index (χ0n) is 20.6. The molecule has 3 aromatic rings. The lowest BCUT2D eigenvalue weighted by Crippen LogP contribution is -2.37. The summed E-state index contributed by atoms with van der Waals surface area (Å²) in [7, 11) is 0. The van der Waals surface area contributed by atoms with Gasteiger partial charge in [0.25, 0.3) is 5.56 Å². The third kappa shape index (κ3) is 6.57. The van der Waals surface area contributed by atoms with Crippen LogP contribution in [0, 0.1) is 5.82 Å². The van der Waals surface area contributed by atoms with Gasteiger partial charge in [-0.25, -0.2) is 19.0 Å². The first kappa shape index (κ1) is 26.6. The number of benzene rings is 2. The van der Waals surface area contributed by atoms with Crippen molar-refractivity contribution in [3.8, 4) is 5.69 Å². The number of halogens is 1. The molecule has 0 radical (unpaired) electrons. The van der Waals surface area contributed by atoms with Crippen molar-refractivity contribution in [2.75, 3.05) is 18.5 Å². The Morgan fingerprint density at radius 1 is 1.19 bits per heavy atom. The summed E-state index contributed by atoms with van der Waals surface area (Å²) in [5, 5.41) is 16.8. The second kappa shape index (κ2) is 11.2. The fourth-order valence-corrected chi connectivity index (χ4v) is 3.46. The quantitative estimate of drug-likeness (QED) is 0.367. The van der Waals surface area contributed by atoms with E-state index in [0.29, 0.717) is 24.3 Å². The third-order valence-corrected chi connectivity index (χ3v) is 4.98. The highest BCUT2D eigenvalue weighted by Crippen LogP contribution is 2.22. The Bertz CT molecular complexity index is 1320. The molecule has 11 heteroatoms. The molecule has 1 atom stereocenters. The van der Waals surface area contributed by atoms with E-state index >= 15 is 0 Å². The standard InChI is InChI=1S/C25H30FN5O5/c1-15(28-24(35)36-25(2,3)4)21-30-20-18(10-6-11-19(20)26)22(33)31(21)17-9-5-8-16(14-17)29-23(34)27-12-7-13-32/h5-6,8-11,14-15,32H,7,12-13H2,1-4H3,(H,28,35)(H2,27,29,34)/t15-/m0/s1. The maximum Gasteiger partial charge on any atom is 0.408 e. The number of nitrogens with zero attached hydrogens (tertiary/aromatic N) is 2. The zero-order valence-corrected chi connectivity index (χ0v) is 20.6. The van der Waals surface area contributed by atoms with E-state index in [1.165, 1.54) is 22.8 Å². The zero-order chi connectivity index (χ0) is 26.5. The second-order valence-corrected chi connectivity index (χ2v) is 9.12. The number of carbonyl (C=O) groups is 2. The van der Waals surface area contributed by atoms with E-state index in [2.05, 4.69) is 20.9 Å². The number of hydrogen-bond acceptors (Lipinski definition) is 6. The van der Waals surface area contributed by atoms with Gasteiger partial charge >= 0.3 is 12.1 Å². The number of alkyl carbamates (subject to hydrolysis) is 1. The van der Waals surface area contributed by atoms with Gasteiger partial charge in [-0.2, -0.15) is 0 Å². The smallest absolute Gasteiger partial charge is 0.408 e. The van der Waals surface area contributed by atoms with E-state index in [4.69, 9.17) is 9.84 Å². The van der Waals surface area contributed by atoms with Gasteiger partial charge in [-0.05, 0) is 64.4 Å². The predicted octanol–water partition coefficient (Wildman–Crippen LogP) is 3.61. The molecule has 0 aliphatic heterocycles.